The molecular weight excluding hydrogens is 276 g/mol. The largest absolute Gasteiger partial charge is 0.399 e. The van der Waals surface area contributed by atoms with Gasteiger partial charge in [-0.3, -0.25) is 0 Å². The van der Waals surface area contributed by atoms with Gasteiger partial charge in [0.2, 0.25) is 10.0 Å². The minimum absolute atomic E-state index is 0.0129. The van der Waals surface area contributed by atoms with Crippen LogP contribution in [0.15, 0.2) is 24.3 Å². The third-order valence-corrected chi connectivity index (χ3v) is 5.02. The lowest BCUT2D eigenvalue weighted by Crippen LogP contribution is -2.39. The fourth-order valence-electron chi connectivity index (χ4n) is 2.28. The second-order valence-corrected chi connectivity index (χ2v) is 7.56. The lowest BCUT2D eigenvalue weighted by atomic mass is 9.83. The minimum atomic E-state index is -3.34. The van der Waals surface area contributed by atoms with E-state index >= 15 is 0 Å². The average molecular weight is 298 g/mol. The summed E-state index contributed by atoms with van der Waals surface area (Å²) < 4.78 is 32.3. The molecule has 0 amide bonds. The maximum Gasteiger partial charge on any atom is 0.215 e. The topological polar surface area (TPSA) is 81.4 Å². The van der Waals surface area contributed by atoms with Crippen LogP contribution in [-0.4, -0.2) is 28.2 Å². The van der Waals surface area contributed by atoms with E-state index in [1.807, 2.05) is 0 Å². The molecule has 5 nitrogen and oxygen atoms in total. The van der Waals surface area contributed by atoms with Gasteiger partial charge in [-0.15, -0.1) is 0 Å². The zero-order chi connectivity index (χ0) is 14.6. The van der Waals surface area contributed by atoms with E-state index in [0.29, 0.717) is 31.0 Å². The predicted molar refractivity (Wildman–Crippen MR) is 79.6 cm³/mol. The molecule has 1 fully saturated rings. The molecule has 1 aliphatic heterocycles. The summed E-state index contributed by atoms with van der Waals surface area (Å²) in [4.78, 5) is 0. The third-order valence-electron chi connectivity index (χ3n) is 3.73. The summed E-state index contributed by atoms with van der Waals surface area (Å²) in [5.74, 6) is -0.0371. The van der Waals surface area contributed by atoms with Gasteiger partial charge in [0.25, 0.3) is 0 Å². The van der Waals surface area contributed by atoms with E-state index in [1.54, 1.807) is 24.3 Å². The van der Waals surface area contributed by atoms with Gasteiger partial charge in [0.05, 0.1) is 5.75 Å². The van der Waals surface area contributed by atoms with Gasteiger partial charge in [-0.05, 0) is 36.0 Å². The van der Waals surface area contributed by atoms with Crippen LogP contribution in [0.3, 0.4) is 0 Å². The van der Waals surface area contributed by atoms with Gasteiger partial charge in [0.1, 0.15) is 0 Å². The summed E-state index contributed by atoms with van der Waals surface area (Å²) in [5.41, 5.74) is 6.93. The van der Waals surface area contributed by atoms with E-state index in [2.05, 4.69) is 11.6 Å². The molecule has 1 aromatic rings. The van der Waals surface area contributed by atoms with E-state index in [-0.39, 0.29) is 11.2 Å². The summed E-state index contributed by atoms with van der Waals surface area (Å²) in [7, 11) is -3.34. The summed E-state index contributed by atoms with van der Waals surface area (Å²) in [6.45, 7) is 3.96. The number of ether oxygens (including phenoxy) is 1. The second kappa shape index (κ2) is 6.11. The molecule has 0 aliphatic carbocycles. The summed E-state index contributed by atoms with van der Waals surface area (Å²) >= 11 is 0. The normalized spacial score (nSPS) is 18.9. The Morgan fingerprint density at radius 3 is 2.70 bits per heavy atom. The van der Waals surface area contributed by atoms with E-state index in [1.165, 1.54) is 0 Å². The Labute approximate surface area is 120 Å². The van der Waals surface area contributed by atoms with Gasteiger partial charge in [-0.25, -0.2) is 13.1 Å². The van der Waals surface area contributed by atoms with Gasteiger partial charge in [-0.2, -0.15) is 0 Å². The Morgan fingerprint density at radius 1 is 1.35 bits per heavy atom. The molecule has 20 heavy (non-hydrogen) atoms. The monoisotopic (exact) mass is 298 g/mol. The van der Waals surface area contributed by atoms with Crippen LogP contribution in [0.4, 0.5) is 5.69 Å². The first kappa shape index (κ1) is 15.3. The van der Waals surface area contributed by atoms with Crippen LogP contribution in [0.25, 0.3) is 0 Å². The van der Waals surface area contributed by atoms with Crippen LogP contribution in [0, 0.1) is 5.41 Å². The van der Waals surface area contributed by atoms with E-state index < -0.39 is 10.0 Å². The van der Waals surface area contributed by atoms with Crippen LogP contribution in [0.5, 0.6) is 0 Å². The zero-order valence-electron chi connectivity index (χ0n) is 11.8. The molecule has 1 aliphatic rings. The number of hydrogen-bond acceptors (Lipinski definition) is 4. The average Bonchev–Trinajstić information content (AvgIpc) is 2.37. The number of rotatable bonds is 5. The van der Waals surface area contributed by atoms with E-state index in [9.17, 15) is 8.42 Å². The highest BCUT2D eigenvalue weighted by molar-refractivity contribution is 7.88. The molecule has 112 valence electrons. The second-order valence-electron chi connectivity index (χ2n) is 5.75. The zero-order valence-corrected chi connectivity index (χ0v) is 12.6. The van der Waals surface area contributed by atoms with Crippen molar-refractivity contribution in [2.24, 2.45) is 5.41 Å². The quantitative estimate of drug-likeness (QED) is 0.807. The Hall–Kier alpha value is -1.11. The van der Waals surface area contributed by atoms with Gasteiger partial charge >= 0.3 is 0 Å². The first-order chi connectivity index (χ1) is 9.39. The van der Waals surface area contributed by atoms with Crippen LogP contribution >= 0.6 is 0 Å². The molecule has 1 heterocycles. The molecule has 6 heteroatoms. The molecule has 1 saturated heterocycles. The molecule has 0 saturated carbocycles. The van der Waals surface area contributed by atoms with Crippen molar-refractivity contribution in [3.63, 3.8) is 0 Å². The third kappa shape index (κ3) is 4.47. The molecule has 0 bridgehead atoms. The van der Waals surface area contributed by atoms with Crippen molar-refractivity contribution in [3.05, 3.63) is 29.8 Å². The lowest BCUT2D eigenvalue weighted by molar-refractivity contribution is 0.0264. The Balaban J connectivity index is 1.94. The van der Waals surface area contributed by atoms with Crippen LogP contribution < -0.4 is 10.5 Å². The van der Waals surface area contributed by atoms with Gasteiger partial charge < -0.3 is 10.5 Å². The van der Waals surface area contributed by atoms with Crippen LogP contribution in [0.1, 0.15) is 25.3 Å². The number of hydrogen-bond donors (Lipinski definition) is 2. The van der Waals surface area contributed by atoms with Crippen LogP contribution in [0.2, 0.25) is 0 Å². The van der Waals surface area contributed by atoms with Crippen LogP contribution in [-0.2, 0) is 20.5 Å². The van der Waals surface area contributed by atoms with Crippen molar-refractivity contribution in [2.75, 3.05) is 25.5 Å². The lowest BCUT2D eigenvalue weighted by Gasteiger charge is -2.33. The Morgan fingerprint density at radius 2 is 2.05 bits per heavy atom. The molecule has 2 rings (SSSR count). The highest BCUT2D eigenvalue weighted by atomic mass is 32.2. The predicted octanol–water partition coefficient (Wildman–Crippen LogP) is 1.50. The molecule has 3 N–H and O–H groups in total. The minimum Gasteiger partial charge on any atom is -0.399 e. The first-order valence-electron chi connectivity index (χ1n) is 6.78. The number of benzene rings is 1. The molecule has 0 spiro atoms. The highest BCUT2D eigenvalue weighted by Crippen LogP contribution is 2.29. The van der Waals surface area contributed by atoms with Crippen molar-refractivity contribution in [1.82, 2.24) is 4.72 Å². The fourth-order valence-corrected chi connectivity index (χ4v) is 3.57. The SMILES string of the molecule is CC1(CNS(=O)(=O)Cc2cccc(N)c2)CCOCC1. The highest BCUT2D eigenvalue weighted by Gasteiger charge is 2.28. The molecular formula is C14H22N2O3S. The molecule has 1 aromatic carbocycles. The number of sulfonamides is 1. The molecule has 0 unspecified atom stereocenters. The van der Waals surface area contributed by atoms with Crippen molar-refractivity contribution in [2.45, 2.75) is 25.5 Å². The maximum absolute atomic E-state index is 12.1. The smallest absolute Gasteiger partial charge is 0.215 e. The summed E-state index contributed by atoms with van der Waals surface area (Å²) in [6, 6.07) is 6.97. The molecule has 0 aromatic heterocycles. The van der Waals surface area contributed by atoms with Gasteiger partial charge in [0.15, 0.2) is 0 Å². The maximum atomic E-state index is 12.1. The van der Waals surface area contributed by atoms with Crippen molar-refractivity contribution < 1.29 is 13.2 Å². The van der Waals surface area contributed by atoms with Crippen molar-refractivity contribution in [3.8, 4) is 0 Å². The molecule has 0 atom stereocenters. The summed E-state index contributed by atoms with van der Waals surface area (Å²) in [6.07, 6.45) is 1.77. The fraction of sp³-hybridized carbons (Fsp3) is 0.571. The standard InChI is InChI=1S/C14H22N2O3S/c1-14(5-7-19-8-6-14)11-16-20(17,18)10-12-3-2-4-13(15)9-12/h2-4,9,16H,5-8,10-11,15H2,1H3. The number of nitrogens with one attached hydrogen (secondary N) is 1. The van der Waals surface area contributed by atoms with E-state index in [0.717, 1.165) is 12.8 Å². The van der Waals surface area contributed by atoms with Crippen molar-refractivity contribution in [1.29, 1.82) is 0 Å². The van der Waals surface area contributed by atoms with Crippen molar-refractivity contribution >= 4 is 15.7 Å². The number of nitrogens with two attached hydrogens (primary N) is 1. The first-order valence-corrected chi connectivity index (χ1v) is 8.43. The Kier molecular flexibility index (Phi) is 4.67. The number of nitrogen functional groups attached to an aromatic ring is 1. The Bertz CT molecular complexity index is 551. The number of anilines is 1. The van der Waals surface area contributed by atoms with Gasteiger partial charge in [0, 0.05) is 25.4 Å². The molecule has 0 radical (unpaired) electrons. The van der Waals surface area contributed by atoms with E-state index in [4.69, 9.17) is 10.5 Å². The summed E-state index contributed by atoms with van der Waals surface area (Å²) in [5, 5.41) is 0. The van der Waals surface area contributed by atoms with Gasteiger partial charge in [-0.1, -0.05) is 19.1 Å².